The topological polar surface area (TPSA) is 38.7 Å². The van der Waals surface area contributed by atoms with Crippen molar-refractivity contribution in [2.45, 2.75) is 13.1 Å². The third-order valence-electron chi connectivity index (χ3n) is 9.71. The van der Waals surface area contributed by atoms with Crippen LogP contribution in [0, 0.1) is 0 Å². The van der Waals surface area contributed by atoms with Gasteiger partial charge in [-0.1, -0.05) is 159 Å². The van der Waals surface area contributed by atoms with Crippen LogP contribution in [0.15, 0.2) is 152 Å². The molecule has 0 N–H and O–H groups in total. The van der Waals surface area contributed by atoms with E-state index >= 15 is 0 Å². The van der Waals surface area contributed by atoms with Crippen LogP contribution in [0.25, 0.3) is 78.0 Å². The Morgan fingerprint density at radius 3 is 1.64 bits per heavy atom. The van der Waals surface area contributed by atoms with Gasteiger partial charge in [0, 0.05) is 16.7 Å². The van der Waals surface area contributed by atoms with Crippen molar-refractivity contribution in [1.82, 2.24) is 15.0 Å². The second kappa shape index (κ2) is 10.7. The minimum Gasteiger partial charge on any atom is -0.208 e. The van der Waals surface area contributed by atoms with E-state index in [9.17, 15) is 0 Å². The zero-order valence-corrected chi connectivity index (χ0v) is 27.3. The number of hydrogen-bond donors (Lipinski definition) is 0. The number of rotatable bonds is 4. The molecule has 0 saturated carbocycles. The van der Waals surface area contributed by atoms with Crippen molar-refractivity contribution in [3.63, 3.8) is 0 Å². The minimum atomic E-state index is -1.95. The average molecular weight is 618 g/mol. The van der Waals surface area contributed by atoms with E-state index in [-0.39, 0.29) is 0 Å². The number of hydrogen-bond acceptors (Lipinski definition) is 3. The summed E-state index contributed by atoms with van der Waals surface area (Å²) in [5, 5.41) is 8.00. The van der Waals surface area contributed by atoms with Gasteiger partial charge >= 0.3 is 0 Å². The largest absolute Gasteiger partial charge is 0.208 e. The van der Waals surface area contributed by atoms with Gasteiger partial charge < -0.3 is 0 Å². The molecule has 2 heterocycles. The molecule has 0 radical (unpaired) electrons. The Morgan fingerprint density at radius 1 is 0.362 bits per heavy atom. The molecule has 1 aromatic heterocycles. The lowest BCUT2D eigenvalue weighted by atomic mass is 9.97. The minimum absolute atomic E-state index is 0.671. The summed E-state index contributed by atoms with van der Waals surface area (Å²) in [4.78, 5) is 15.2. The maximum absolute atomic E-state index is 5.11. The molecule has 4 heteroatoms. The lowest BCUT2D eigenvalue weighted by Crippen LogP contribution is -2.49. The van der Waals surface area contributed by atoms with Crippen molar-refractivity contribution in [3.05, 3.63) is 152 Å². The first-order chi connectivity index (χ1) is 23.0. The molecule has 0 fully saturated rings. The summed E-state index contributed by atoms with van der Waals surface area (Å²) in [6, 6.07) is 54.1. The molecule has 222 valence electrons. The smallest absolute Gasteiger partial charge is 0.164 e. The SMILES string of the molecule is C[Si]1(C)c2cc(-c3nc(-c4ccccc4)nc(-c4ccc(-c5cccc6ccccc56)cc4)n3)ccc2-c2cc3ccccc3cc21. The molecular formula is C43H31N3Si. The number of nitrogens with zero attached hydrogens (tertiary/aromatic N) is 3. The van der Waals surface area contributed by atoms with Crippen molar-refractivity contribution < 1.29 is 0 Å². The molecule has 9 rings (SSSR count). The summed E-state index contributed by atoms with van der Waals surface area (Å²) >= 11 is 0. The molecule has 1 aliphatic rings. The number of benzene rings is 7. The van der Waals surface area contributed by atoms with Gasteiger partial charge in [-0.2, -0.15) is 0 Å². The zero-order valence-electron chi connectivity index (χ0n) is 26.3. The normalized spacial score (nSPS) is 13.1. The molecule has 47 heavy (non-hydrogen) atoms. The molecule has 8 aromatic rings. The summed E-state index contributed by atoms with van der Waals surface area (Å²) in [5.41, 5.74) is 8.05. The third kappa shape index (κ3) is 4.60. The monoisotopic (exact) mass is 617 g/mol. The maximum atomic E-state index is 5.11. The Hall–Kier alpha value is -5.71. The van der Waals surface area contributed by atoms with E-state index in [1.54, 1.807) is 0 Å². The average Bonchev–Trinajstić information content (AvgIpc) is 3.35. The van der Waals surface area contributed by atoms with Crippen LogP contribution in [-0.2, 0) is 0 Å². The van der Waals surface area contributed by atoms with Gasteiger partial charge in [-0.05, 0) is 60.2 Å². The fourth-order valence-electron chi connectivity index (χ4n) is 7.19. The molecule has 1 aliphatic heterocycles. The van der Waals surface area contributed by atoms with Gasteiger partial charge in [0.2, 0.25) is 0 Å². The molecule has 0 spiro atoms. The molecule has 0 unspecified atom stereocenters. The zero-order chi connectivity index (χ0) is 31.5. The quantitative estimate of drug-likeness (QED) is 0.185. The Kier molecular flexibility index (Phi) is 6.27. The predicted octanol–water partition coefficient (Wildman–Crippen LogP) is 9.65. The van der Waals surface area contributed by atoms with Gasteiger partial charge in [-0.3, -0.25) is 0 Å². The van der Waals surface area contributed by atoms with Gasteiger partial charge in [0.05, 0.1) is 0 Å². The Labute approximate surface area is 275 Å². The van der Waals surface area contributed by atoms with Gasteiger partial charge in [0.25, 0.3) is 0 Å². The van der Waals surface area contributed by atoms with E-state index in [0.717, 1.165) is 16.7 Å². The Morgan fingerprint density at radius 2 is 0.894 bits per heavy atom. The summed E-state index contributed by atoms with van der Waals surface area (Å²) in [5.74, 6) is 2.04. The van der Waals surface area contributed by atoms with Gasteiger partial charge in [0.15, 0.2) is 17.5 Å². The van der Waals surface area contributed by atoms with E-state index in [2.05, 4.69) is 147 Å². The van der Waals surface area contributed by atoms with E-state index in [4.69, 9.17) is 15.0 Å². The van der Waals surface area contributed by atoms with Crippen molar-refractivity contribution in [2.75, 3.05) is 0 Å². The standard InChI is InChI=1S/C43H31N3Si/c1-47(2)39-27-34(23-24-37(39)38-25-32-14-6-7-15-33(32)26-40(38)47)43-45-41(30-12-4-3-5-13-30)44-42(46-43)31-21-19-29(20-22-31)36-18-10-16-28-11-8-9-17-35(28)36/h3-27H,1-2H3. The van der Waals surface area contributed by atoms with Crippen LogP contribution in [-0.4, -0.2) is 23.0 Å². The predicted molar refractivity (Wildman–Crippen MR) is 199 cm³/mol. The highest BCUT2D eigenvalue weighted by atomic mass is 28.3. The molecule has 3 nitrogen and oxygen atoms in total. The van der Waals surface area contributed by atoms with E-state index < -0.39 is 8.07 Å². The molecular weight excluding hydrogens is 587 g/mol. The number of fused-ring (bicyclic) bond motifs is 5. The Balaban J connectivity index is 1.16. The van der Waals surface area contributed by atoms with Crippen LogP contribution in [0.1, 0.15) is 0 Å². The van der Waals surface area contributed by atoms with Gasteiger partial charge in [-0.15, -0.1) is 0 Å². The molecule has 0 atom stereocenters. The summed E-state index contributed by atoms with van der Waals surface area (Å²) < 4.78 is 0. The fourth-order valence-corrected chi connectivity index (χ4v) is 10.3. The summed E-state index contributed by atoms with van der Waals surface area (Å²) in [6.45, 7) is 4.92. The fraction of sp³-hybridized carbons (Fsp3) is 0.0465. The highest BCUT2D eigenvalue weighted by Crippen LogP contribution is 2.35. The summed E-state index contributed by atoms with van der Waals surface area (Å²) in [7, 11) is -1.95. The second-order valence-corrected chi connectivity index (χ2v) is 17.2. The second-order valence-electron chi connectivity index (χ2n) is 12.9. The Bertz CT molecular complexity index is 2480. The van der Waals surface area contributed by atoms with Crippen LogP contribution < -0.4 is 10.4 Å². The van der Waals surface area contributed by atoms with Crippen LogP contribution in [0.3, 0.4) is 0 Å². The van der Waals surface area contributed by atoms with E-state index in [1.807, 2.05) is 18.2 Å². The van der Waals surface area contributed by atoms with E-state index in [1.165, 1.54) is 54.2 Å². The summed E-state index contributed by atoms with van der Waals surface area (Å²) in [6.07, 6.45) is 0. The van der Waals surface area contributed by atoms with Crippen LogP contribution in [0.5, 0.6) is 0 Å². The molecule has 0 aliphatic carbocycles. The number of aromatic nitrogens is 3. The lowest BCUT2D eigenvalue weighted by Gasteiger charge is -2.19. The van der Waals surface area contributed by atoms with Crippen molar-refractivity contribution in [3.8, 4) is 56.4 Å². The van der Waals surface area contributed by atoms with Crippen LogP contribution in [0.4, 0.5) is 0 Å². The highest BCUT2D eigenvalue weighted by Gasteiger charge is 2.38. The van der Waals surface area contributed by atoms with Crippen molar-refractivity contribution >= 4 is 40.0 Å². The van der Waals surface area contributed by atoms with Crippen LogP contribution >= 0.6 is 0 Å². The van der Waals surface area contributed by atoms with Crippen molar-refractivity contribution in [1.29, 1.82) is 0 Å². The van der Waals surface area contributed by atoms with Gasteiger partial charge in [-0.25, -0.2) is 15.0 Å². The van der Waals surface area contributed by atoms with Gasteiger partial charge in [0.1, 0.15) is 8.07 Å². The lowest BCUT2D eigenvalue weighted by molar-refractivity contribution is 1.07. The maximum Gasteiger partial charge on any atom is 0.164 e. The third-order valence-corrected chi connectivity index (χ3v) is 13.2. The van der Waals surface area contributed by atoms with Crippen molar-refractivity contribution in [2.24, 2.45) is 0 Å². The first-order valence-corrected chi connectivity index (χ1v) is 19.1. The molecule has 0 amide bonds. The molecule has 0 saturated heterocycles. The first kappa shape index (κ1) is 27.6. The highest BCUT2D eigenvalue weighted by molar-refractivity contribution is 7.04. The molecule has 7 aromatic carbocycles. The van der Waals surface area contributed by atoms with Crippen LogP contribution in [0.2, 0.25) is 13.1 Å². The molecule has 0 bridgehead atoms. The first-order valence-electron chi connectivity index (χ1n) is 16.1. The van der Waals surface area contributed by atoms with E-state index in [0.29, 0.717) is 17.5 Å².